The number of carbonyl (C=O) groups is 1. The standard InChI is InChI=1S/C16H32N2O/c1-16(2,3)12-6-7-15(19)18(5)14-10-8-13(17-4)9-11-14/h13-14,17H,6-12H2,1-5H3. The second kappa shape index (κ2) is 7.28. The molecule has 0 aromatic carbocycles. The van der Waals surface area contributed by atoms with Crippen LogP contribution in [0, 0.1) is 5.41 Å². The molecule has 1 aliphatic rings. The van der Waals surface area contributed by atoms with E-state index in [9.17, 15) is 4.79 Å². The Kier molecular flexibility index (Phi) is 6.31. The Hall–Kier alpha value is -0.570. The lowest BCUT2D eigenvalue weighted by Gasteiger charge is -2.34. The molecule has 0 aliphatic heterocycles. The van der Waals surface area contributed by atoms with Crippen molar-refractivity contribution >= 4 is 5.91 Å². The van der Waals surface area contributed by atoms with Gasteiger partial charge in [0.05, 0.1) is 0 Å². The summed E-state index contributed by atoms with van der Waals surface area (Å²) in [5, 5.41) is 3.34. The fourth-order valence-electron chi connectivity index (χ4n) is 2.90. The van der Waals surface area contributed by atoms with E-state index in [-0.39, 0.29) is 0 Å². The molecule has 1 aliphatic carbocycles. The molecule has 0 heterocycles. The second-order valence-electron chi connectivity index (χ2n) is 7.21. The summed E-state index contributed by atoms with van der Waals surface area (Å²) in [7, 11) is 4.02. The van der Waals surface area contributed by atoms with Crippen molar-refractivity contribution in [2.24, 2.45) is 5.41 Å². The Morgan fingerprint density at radius 1 is 1.21 bits per heavy atom. The van der Waals surface area contributed by atoms with E-state index in [2.05, 4.69) is 26.1 Å². The summed E-state index contributed by atoms with van der Waals surface area (Å²) in [6.07, 6.45) is 7.53. The lowest BCUT2D eigenvalue weighted by Crippen LogP contribution is -2.42. The largest absolute Gasteiger partial charge is 0.343 e. The Bertz CT molecular complexity index is 275. The Labute approximate surface area is 119 Å². The van der Waals surface area contributed by atoms with Gasteiger partial charge in [-0.25, -0.2) is 0 Å². The van der Waals surface area contributed by atoms with Crippen molar-refractivity contribution < 1.29 is 4.79 Å². The zero-order chi connectivity index (χ0) is 14.5. The van der Waals surface area contributed by atoms with Crippen LogP contribution < -0.4 is 5.32 Å². The first-order chi connectivity index (χ1) is 8.83. The van der Waals surface area contributed by atoms with Crippen LogP contribution in [0.4, 0.5) is 0 Å². The summed E-state index contributed by atoms with van der Waals surface area (Å²) >= 11 is 0. The van der Waals surface area contributed by atoms with Gasteiger partial charge in [-0.15, -0.1) is 0 Å². The molecular formula is C16H32N2O. The second-order valence-corrected chi connectivity index (χ2v) is 7.21. The van der Waals surface area contributed by atoms with Gasteiger partial charge in [0, 0.05) is 25.6 Å². The van der Waals surface area contributed by atoms with Crippen LogP contribution in [-0.2, 0) is 4.79 Å². The minimum absolute atomic E-state index is 0.331. The zero-order valence-corrected chi connectivity index (χ0v) is 13.5. The van der Waals surface area contributed by atoms with Crippen molar-refractivity contribution in [1.29, 1.82) is 0 Å². The fraction of sp³-hybridized carbons (Fsp3) is 0.938. The lowest BCUT2D eigenvalue weighted by atomic mass is 9.89. The minimum Gasteiger partial charge on any atom is -0.343 e. The van der Waals surface area contributed by atoms with E-state index in [0.717, 1.165) is 25.7 Å². The number of amides is 1. The van der Waals surface area contributed by atoms with Gasteiger partial charge in [-0.3, -0.25) is 4.79 Å². The molecule has 0 spiro atoms. The summed E-state index contributed by atoms with van der Waals surface area (Å²) in [6.45, 7) is 6.71. The molecule has 112 valence electrons. The van der Waals surface area contributed by atoms with Crippen LogP contribution in [0.3, 0.4) is 0 Å². The molecule has 1 fully saturated rings. The smallest absolute Gasteiger partial charge is 0.222 e. The molecule has 1 N–H and O–H groups in total. The first-order valence-electron chi connectivity index (χ1n) is 7.76. The van der Waals surface area contributed by atoms with Gasteiger partial charge in [0.2, 0.25) is 5.91 Å². The van der Waals surface area contributed by atoms with Gasteiger partial charge < -0.3 is 10.2 Å². The summed E-state index contributed by atoms with van der Waals surface area (Å²) in [4.78, 5) is 14.2. The average molecular weight is 268 g/mol. The first-order valence-corrected chi connectivity index (χ1v) is 7.76. The maximum Gasteiger partial charge on any atom is 0.222 e. The van der Waals surface area contributed by atoms with E-state index in [4.69, 9.17) is 0 Å². The highest BCUT2D eigenvalue weighted by molar-refractivity contribution is 5.76. The third-order valence-corrected chi connectivity index (χ3v) is 4.36. The molecule has 0 unspecified atom stereocenters. The molecule has 3 nitrogen and oxygen atoms in total. The highest BCUT2D eigenvalue weighted by atomic mass is 16.2. The quantitative estimate of drug-likeness (QED) is 0.830. The third kappa shape index (κ3) is 5.94. The van der Waals surface area contributed by atoms with Crippen LogP contribution in [0.25, 0.3) is 0 Å². The van der Waals surface area contributed by atoms with Crippen molar-refractivity contribution in [2.45, 2.75) is 77.8 Å². The van der Waals surface area contributed by atoms with E-state index in [1.807, 2.05) is 19.0 Å². The highest BCUT2D eigenvalue weighted by Gasteiger charge is 2.25. The number of hydrogen-bond donors (Lipinski definition) is 1. The zero-order valence-electron chi connectivity index (χ0n) is 13.5. The van der Waals surface area contributed by atoms with Crippen LogP contribution in [0.15, 0.2) is 0 Å². The number of rotatable bonds is 5. The number of carbonyl (C=O) groups excluding carboxylic acids is 1. The SMILES string of the molecule is CNC1CCC(N(C)C(=O)CCCC(C)(C)C)CC1. The molecule has 0 aromatic heterocycles. The molecular weight excluding hydrogens is 236 g/mol. The van der Waals surface area contributed by atoms with Crippen LogP contribution in [0.2, 0.25) is 0 Å². The van der Waals surface area contributed by atoms with Crippen molar-refractivity contribution in [1.82, 2.24) is 10.2 Å². The van der Waals surface area contributed by atoms with Crippen molar-refractivity contribution in [2.75, 3.05) is 14.1 Å². The summed E-state index contributed by atoms with van der Waals surface area (Å²) in [5.41, 5.74) is 0.337. The maximum absolute atomic E-state index is 12.2. The van der Waals surface area contributed by atoms with Gasteiger partial charge in [0.25, 0.3) is 0 Å². The molecule has 1 amide bonds. The third-order valence-electron chi connectivity index (χ3n) is 4.36. The van der Waals surface area contributed by atoms with E-state index >= 15 is 0 Å². The van der Waals surface area contributed by atoms with Gasteiger partial charge in [0.15, 0.2) is 0 Å². The van der Waals surface area contributed by atoms with Crippen LogP contribution >= 0.6 is 0 Å². The molecule has 0 radical (unpaired) electrons. The predicted octanol–water partition coefficient (Wildman–Crippen LogP) is 3.19. The van der Waals surface area contributed by atoms with Crippen molar-refractivity contribution in [3.63, 3.8) is 0 Å². The van der Waals surface area contributed by atoms with E-state index < -0.39 is 0 Å². The predicted molar refractivity (Wildman–Crippen MR) is 81.2 cm³/mol. The van der Waals surface area contributed by atoms with Gasteiger partial charge >= 0.3 is 0 Å². The monoisotopic (exact) mass is 268 g/mol. The molecule has 0 aromatic rings. The topological polar surface area (TPSA) is 32.3 Å². The summed E-state index contributed by atoms with van der Waals surface area (Å²) in [5.74, 6) is 0.331. The Morgan fingerprint density at radius 3 is 2.26 bits per heavy atom. The van der Waals surface area contributed by atoms with Gasteiger partial charge in [-0.05, 0) is 51.0 Å². The van der Waals surface area contributed by atoms with Crippen LogP contribution in [0.5, 0.6) is 0 Å². The average Bonchev–Trinajstić information content (AvgIpc) is 2.36. The van der Waals surface area contributed by atoms with E-state index in [1.54, 1.807) is 0 Å². The molecule has 0 bridgehead atoms. The Balaban J connectivity index is 2.29. The van der Waals surface area contributed by atoms with E-state index in [1.165, 1.54) is 12.8 Å². The van der Waals surface area contributed by atoms with Crippen LogP contribution in [-0.4, -0.2) is 37.0 Å². The summed E-state index contributed by atoms with van der Waals surface area (Å²) < 4.78 is 0. The lowest BCUT2D eigenvalue weighted by molar-refractivity contribution is -0.132. The molecule has 1 saturated carbocycles. The van der Waals surface area contributed by atoms with Gasteiger partial charge in [-0.1, -0.05) is 20.8 Å². The normalized spacial score (nSPS) is 24.3. The molecule has 0 atom stereocenters. The van der Waals surface area contributed by atoms with Crippen molar-refractivity contribution in [3.05, 3.63) is 0 Å². The highest BCUT2D eigenvalue weighted by Crippen LogP contribution is 2.24. The fourth-order valence-corrected chi connectivity index (χ4v) is 2.90. The van der Waals surface area contributed by atoms with Gasteiger partial charge in [0.1, 0.15) is 0 Å². The first kappa shape index (κ1) is 16.5. The number of nitrogens with one attached hydrogen (secondary N) is 1. The molecule has 19 heavy (non-hydrogen) atoms. The minimum atomic E-state index is 0.331. The number of hydrogen-bond acceptors (Lipinski definition) is 2. The van der Waals surface area contributed by atoms with E-state index in [0.29, 0.717) is 29.8 Å². The molecule has 0 saturated heterocycles. The number of nitrogens with zero attached hydrogens (tertiary/aromatic N) is 1. The summed E-state index contributed by atoms with van der Waals surface area (Å²) in [6, 6.07) is 1.12. The Morgan fingerprint density at radius 2 is 1.79 bits per heavy atom. The molecule has 3 heteroatoms. The maximum atomic E-state index is 12.2. The van der Waals surface area contributed by atoms with Crippen LogP contribution in [0.1, 0.15) is 65.7 Å². The van der Waals surface area contributed by atoms with Crippen molar-refractivity contribution in [3.8, 4) is 0 Å². The van der Waals surface area contributed by atoms with Gasteiger partial charge in [-0.2, -0.15) is 0 Å². The molecule has 1 rings (SSSR count).